The molecule has 0 amide bonds. The standard InChI is InChI=1S/C19H22ClFN2/c1-2-12-22-14-23(19-13-16(21)8-9-18(19)22)17(10-11-20)15-6-4-3-5-7-15/h3-9,13,17H,2,10-12,14H2,1H3/t17-/m1/s1. The van der Waals surface area contributed by atoms with Crippen LogP contribution >= 0.6 is 11.6 Å². The van der Waals surface area contributed by atoms with Crippen molar-refractivity contribution in [2.75, 3.05) is 28.9 Å². The minimum absolute atomic E-state index is 0.163. The van der Waals surface area contributed by atoms with Crippen molar-refractivity contribution in [2.45, 2.75) is 25.8 Å². The Hall–Kier alpha value is -1.74. The summed E-state index contributed by atoms with van der Waals surface area (Å²) in [5, 5.41) is 0. The van der Waals surface area contributed by atoms with E-state index in [4.69, 9.17) is 11.6 Å². The largest absolute Gasteiger partial charge is 0.352 e. The summed E-state index contributed by atoms with van der Waals surface area (Å²) in [6, 6.07) is 15.6. The number of hydrogen-bond acceptors (Lipinski definition) is 2. The second kappa shape index (κ2) is 7.22. The van der Waals surface area contributed by atoms with Crippen molar-refractivity contribution in [1.29, 1.82) is 0 Å². The fourth-order valence-corrected chi connectivity index (χ4v) is 3.55. The van der Waals surface area contributed by atoms with Crippen molar-refractivity contribution in [3.63, 3.8) is 0 Å². The Morgan fingerprint density at radius 2 is 1.91 bits per heavy atom. The van der Waals surface area contributed by atoms with Gasteiger partial charge < -0.3 is 9.80 Å². The van der Waals surface area contributed by atoms with E-state index in [2.05, 4.69) is 28.9 Å². The van der Waals surface area contributed by atoms with Crippen LogP contribution in [0.5, 0.6) is 0 Å². The first kappa shape index (κ1) is 16.1. The zero-order valence-electron chi connectivity index (χ0n) is 13.4. The molecule has 2 aromatic rings. The zero-order valence-corrected chi connectivity index (χ0v) is 14.1. The average Bonchev–Trinajstić information content (AvgIpc) is 2.91. The van der Waals surface area contributed by atoms with Gasteiger partial charge in [-0.2, -0.15) is 0 Å². The summed E-state index contributed by atoms with van der Waals surface area (Å²) in [6.07, 6.45) is 1.90. The summed E-state index contributed by atoms with van der Waals surface area (Å²) in [4.78, 5) is 4.60. The summed E-state index contributed by atoms with van der Waals surface area (Å²) in [7, 11) is 0. The van der Waals surface area contributed by atoms with E-state index in [0.29, 0.717) is 5.88 Å². The molecular weight excluding hydrogens is 311 g/mol. The number of hydrogen-bond donors (Lipinski definition) is 0. The topological polar surface area (TPSA) is 6.48 Å². The van der Waals surface area contributed by atoms with Crippen molar-refractivity contribution >= 4 is 23.0 Å². The van der Waals surface area contributed by atoms with Crippen molar-refractivity contribution in [1.82, 2.24) is 0 Å². The molecule has 1 atom stereocenters. The van der Waals surface area contributed by atoms with Gasteiger partial charge in [-0.3, -0.25) is 0 Å². The Labute approximate surface area is 142 Å². The lowest BCUT2D eigenvalue weighted by Crippen LogP contribution is -2.34. The average molecular weight is 333 g/mol. The lowest BCUT2D eigenvalue weighted by atomic mass is 10.0. The van der Waals surface area contributed by atoms with E-state index in [1.807, 2.05) is 24.3 Å². The quantitative estimate of drug-likeness (QED) is 0.672. The fourth-order valence-electron chi connectivity index (χ4n) is 3.34. The van der Waals surface area contributed by atoms with Gasteiger partial charge in [0.05, 0.1) is 24.1 Å². The molecule has 0 saturated heterocycles. The first-order chi connectivity index (χ1) is 11.2. The number of benzene rings is 2. The van der Waals surface area contributed by atoms with Gasteiger partial charge >= 0.3 is 0 Å². The van der Waals surface area contributed by atoms with Gasteiger partial charge in [-0.15, -0.1) is 11.6 Å². The summed E-state index contributed by atoms with van der Waals surface area (Å²) < 4.78 is 13.8. The third kappa shape index (κ3) is 3.30. The molecule has 1 heterocycles. The molecule has 0 unspecified atom stereocenters. The van der Waals surface area contributed by atoms with Crippen LogP contribution in [-0.2, 0) is 0 Å². The Kier molecular flexibility index (Phi) is 5.06. The van der Waals surface area contributed by atoms with Gasteiger partial charge in [-0.1, -0.05) is 37.3 Å². The third-order valence-corrected chi connectivity index (χ3v) is 4.57. The summed E-state index contributed by atoms with van der Waals surface area (Å²) >= 11 is 6.07. The lowest BCUT2D eigenvalue weighted by Gasteiger charge is -2.30. The summed E-state index contributed by atoms with van der Waals surface area (Å²) in [6.45, 7) is 3.92. The van der Waals surface area contributed by atoms with E-state index in [-0.39, 0.29) is 11.9 Å². The van der Waals surface area contributed by atoms with Gasteiger partial charge in [0, 0.05) is 12.4 Å². The van der Waals surface area contributed by atoms with Gasteiger partial charge in [0.25, 0.3) is 0 Å². The second-order valence-corrected chi connectivity index (χ2v) is 6.29. The molecule has 122 valence electrons. The van der Waals surface area contributed by atoms with Crippen molar-refractivity contribution < 1.29 is 4.39 Å². The smallest absolute Gasteiger partial charge is 0.125 e. The molecule has 2 aromatic carbocycles. The highest BCUT2D eigenvalue weighted by Crippen LogP contribution is 2.42. The highest BCUT2D eigenvalue weighted by molar-refractivity contribution is 6.17. The predicted octanol–water partition coefficient (Wildman–Crippen LogP) is 5.19. The van der Waals surface area contributed by atoms with Crippen LogP contribution < -0.4 is 9.80 Å². The maximum absolute atomic E-state index is 13.8. The first-order valence-electron chi connectivity index (χ1n) is 8.16. The maximum Gasteiger partial charge on any atom is 0.125 e. The molecule has 0 saturated carbocycles. The molecule has 1 aliphatic heterocycles. The third-order valence-electron chi connectivity index (χ3n) is 4.35. The van der Waals surface area contributed by atoms with Gasteiger partial charge in [-0.05, 0) is 36.6 Å². The van der Waals surface area contributed by atoms with Gasteiger partial charge in [0.15, 0.2) is 0 Å². The van der Waals surface area contributed by atoms with Crippen molar-refractivity contribution in [2.24, 2.45) is 0 Å². The number of fused-ring (bicyclic) bond motifs is 1. The van der Waals surface area contributed by atoms with Crippen LogP contribution in [-0.4, -0.2) is 19.1 Å². The lowest BCUT2D eigenvalue weighted by molar-refractivity contribution is 0.603. The van der Waals surface area contributed by atoms with Crippen LogP contribution in [0, 0.1) is 5.82 Å². The fraction of sp³-hybridized carbons (Fsp3) is 0.368. The molecule has 0 aromatic heterocycles. The molecule has 23 heavy (non-hydrogen) atoms. The van der Waals surface area contributed by atoms with Crippen LogP contribution in [0.4, 0.5) is 15.8 Å². The monoisotopic (exact) mass is 332 g/mol. The Morgan fingerprint density at radius 1 is 1.13 bits per heavy atom. The van der Waals surface area contributed by atoms with Gasteiger partial charge in [-0.25, -0.2) is 4.39 Å². The SMILES string of the molecule is CCCN1CN([C@H](CCCl)c2ccccc2)c2cc(F)ccc21. The summed E-state index contributed by atoms with van der Waals surface area (Å²) in [5.41, 5.74) is 3.31. The Balaban J connectivity index is 1.99. The second-order valence-electron chi connectivity index (χ2n) is 5.91. The Bertz CT molecular complexity index is 647. The van der Waals surface area contributed by atoms with E-state index >= 15 is 0 Å². The Morgan fingerprint density at radius 3 is 2.61 bits per heavy atom. The van der Waals surface area contributed by atoms with Gasteiger partial charge in [0.1, 0.15) is 5.82 Å². The molecule has 0 spiro atoms. The number of rotatable bonds is 6. The van der Waals surface area contributed by atoms with E-state index in [1.165, 1.54) is 5.56 Å². The van der Waals surface area contributed by atoms with Crippen molar-refractivity contribution in [3.05, 3.63) is 59.9 Å². The molecule has 0 radical (unpaired) electrons. The molecule has 3 rings (SSSR count). The van der Waals surface area contributed by atoms with Crippen LogP contribution in [0.3, 0.4) is 0 Å². The van der Waals surface area contributed by atoms with Crippen LogP contribution in [0.2, 0.25) is 0 Å². The molecule has 0 bridgehead atoms. The summed E-state index contributed by atoms with van der Waals surface area (Å²) in [5.74, 6) is 0.388. The number of alkyl halides is 1. The number of halogens is 2. The highest BCUT2D eigenvalue weighted by Gasteiger charge is 2.31. The van der Waals surface area contributed by atoms with Crippen molar-refractivity contribution in [3.8, 4) is 0 Å². The first-order valence-corrected chi connectivity index (χ1v) is 8.70. The zero-order chi connectivity index (χ0) is 16.2. The molecule has 1 aliphatic rings. The van der Waals surface area contributed by atoms with E-state index in [0.717, 1.165) is 37.4 Å². The van der Waals surface area contributed by atoms with Crippen LogP contribution in [0.15, 0.2) is 48.5 Å². The van der Waals surface area contributed by atoms with Crippen LogP contribution in [0.1, 0.15) is 31.4 Å². The molecular formula is C19H22ClFN2. The molecule has 0 aliphatic carbocycles. The minimum atomic E-state index is -0.190. The van der Waals surface area contributed by atoms with Gasteiger partial charge in [0.2, 0.25) is 0 Å². The van der Waals surface area contributed by atoms with E-state index < -0.39 is 0 Å². The van der Waals surface area contributed by atoms with Crippen LogP contribution in [0.25, 0.3) is 0 Å². The predicted molar refractivity (Wildman–Crippen MR) is 95.9 cm³/mol. The molecule has 4 heteroatoms. The van der Waals surface area contributed by atoms with E-state index in [1.54, 1.807) is 12.1 Å². The van der Waals surface area contributed by atoms with E-state index in [9.17, 15) is 4.39 Å². The normalized spacial score (nSPS) is 14.9. The minimum Gasteiger partial charge on any atom is -0.352 e. The number of nitrogens with zero attached hydrogens (tertiary/aromatic N) is 2. The maximum atomic E-state index is 13.8. The highest BCUT2D eigenvalue weighted by atomic mass is 35.5. The molecule has 0 fully saturated rings. The molecule has 0 N–H and O–H groups in total. The number of anilines is 2. The molecule has 2 nitrogen and oxygen atoms in total.